The molecule has 0 fully saturated rings. The van der Waals surface area contributed by atoms with E-state index in [0.29, 0.717) is 23.1 Å². The zero-order valence-corrected chi connectivity index (χ0v) is 10.9. The second kappa shape index (κ2) is 6.10. The van der Waals surface area contributed by atoms with Gasteiger partial charge in [0.15, 0.2) is 11.6 Å². The topological polar surface area (TPSA) is 34.1 Å². The summed E-state index contributed by atoms with van der Waals surface area (Å²) in [5, 5.41) is 0. The molecule has 0 aromatic heterocycles. The number of hydrogen-bond acceptors (Lipinski definition) is 2. The minimum atomic E-state index is -0.0966. The molecule has 0 amide bonds. The van der Waals surface area contributed by atoms with Gasteiger partial charge in [-0.1, -0.05) is 61.5 Å². The first-order valence-electron chi connectivity index (χ1n) is 6.46. The minimum Gasteiger partial charge on any atom is -0.294 e. The van der Waals surface area contributed by atoms with E-state index in [0.717, 1.165) is 6.42 Å². The molecular weight excluding hydrogens is 236 g/mol. The van der Waals surface area contributed by atoms with Crippen LogP contribution in [0.3, 0.4) is 0 Å². The molecule has 0 aliphatic heterocycles. The fraction of sp³-hybridized carbons (Fsp3) is 0.176. The zero-order valence-electron chi connectivity index (χ0n) is 10.9. The van der Waals surface area contributed by atoms with E-state index in [4.69, 9.17) is 0 Å². The Bertz CT molecular complexity index is 585. The Morgan fingerprint density at radius 3 is 2.05 bits per heavy atom. The highest BCUT2D eigenvalue weighted by Gasteiger charge is 2.16. The quantitative estimate of drug-likeness (QED) is 0.756. The molecule has 0 bridgehead atoms. The van der Waals surface area contributed by atoms with Crippen molar-refractivity contribution < 1.29 is 9.59 Å². The van der Waals surface area contributed by atoms with E-state index in [1.54, 1.807) is 36.4 Å². The maximum atomic E-state index is 12.4. The fourth-order valence-electron chi connectivity index (χ4n) is 2.03. The van der Waals surface area contributed by atoms with Gasteiger partial charge in [0.1, 0.15) is 0 Å². The van der Waals surface area contributed by atoms with Crippen molar-refractivity contribution in [3.63, 3.8) is 0 Å². The van der Waals surface area contributed by atoms with Crippen LogP contribution in [0, 0.1) is 0 Å². The van der Waals surface area contributed by atoms with Gasteiger partial charge in [0, 0.05) is 23.1 Å². The summed E-state index contributed by atoms with van der Waals surface area (Å²) in [4.78, 5) is 24.5. The Morgan fingerprint density at radius 1 is 0.842 bits per heavy atom. The molecule has 0 N–H and O–H groups in total. The summed E-state index contributed by atoms with van der Waals surface area (Å²) in [5.74, 6) is -0.0666. The lowest BCUT2D eigenvalue weighted by Crippen LogP contribution is -2.09. The monoisotopic (exact) mass is 252 g/mol. The van der Waals surface area contributed by atoms with Gasteiger partial charge in [0.2, 0.25) is 0 Å². The summed E-state index contributed by atoms with van der Waals surface area (Å²) in [6.07, 6.45) is 1.26. The van der Waals surface area contributed by atoms with Gasteiger partial charge in [-0.15, -0.1) is 0 Å². The molecule has 0 radical (unpaired) electrons. The van der Waals surface area contributed by atoms with Crippen LogP contribution in [0.4, 0.5) is 0 Å². The SMILES string of the molecule is CCCC(=O)c1ccccc1C(=O)c1ccccc1. The van der Waals surface area contributed by atoms with Crippen LogP contribution in [0.25, 0.3) is 0 Å². The lowest BCUT2D eigenvalue weighted by atomic mass is 9.95. The van der Waals surface area contributed by atoms with Crippen molar-refractivity contribution >= 4 is 11.6 Å². The molecule has 0 aliphatic carbocycles. The molecule has 2 heteroatoms. The van der Waals surface area contributed by atoms with Crippen LogP contribution in [0.2, 0.25) is 0 Å². The van der Waals surface area contributed by atoms with E-state index in [-0.39, 0.29) is 11.6 Å². The molecule has 19 heavy (non-hydrogen) atoms. The van der Waals surface area contributed by atoms with E-state index in [1.807, 2.05) is 25.1 Å². The largest absolute Gasteiger partial charge is 0.294 e. The van der Waals surface area contributed by atoms with E-state index in [2.05, 4.69) is 0 Å². The van der Waals surface area contributed by atoms with Gasteiger partial charge in [-0.2, -0.15) is 0 Å². The van der Waals surface area contributed by atoms with E-state index in [9.17, 15) is 9.59 Å². The Morgan fingerprint density at radius 2 is 1.42 bits per heavy atom. The standard InChI is InChI=1S/C17H16O2/c1-2-8-16(18)14-11-6-7-12-15(14)17(19)13-9-4-3-5-10-13/h3-7,9-12H,2,8H2,1H3. The van der Waals surface area contributed by atoms with E-state index < -0.39 is 0 Å². The summed E-state index contributed by atoms with van der Waals surface area (Å²) in [6, 6.07) is 16.1. The summed E-state index contributed by atoms with van der Waals surface area (Å²) < 4.78 is 0. The molecule has 96 valence electrons. The minimum absolute atomic E-state index is 0.0300. The lowest BCUT2D eigenvalue weighted by Gasteiger charge is -2.07. The third-order valence-corrected chi connectivity index (χ3v) is 2.99. The highest BCUT2D eigenvalue weighted by atomic mass is 16.1. The Labute approximate surface area is 113 Å². The number of rotatable bonds is 5. The van der Waals surface area contributed by atoms with E-state index >= 15 is 0 Å². The molecule has 0 atom stereocenters. The van der Waals surface area contributed by atoms with Crippen LogP contribution in [0.5, 0.6) is 0 Å². The van der Waals surface area contributed by atoms with Gasteiger partial charge in [-0.3, -0.25) is 9.59 Å². The third kappa shape index (κ3) is 2.97. The van der Waals surface area contributed by atoms with Crippen LogP contribution in [-0.2, 0) is 0 Å². The Hall–Kier alpha value is -2.22. The predicted octanol–water partition coefficient (Wildman–Crippen LogP) is 3.90. The summed E-state index contributed by atoms with van der Waals surface area (Å²) in [6.45, 7) is 1.96. The van der Waals surface area contributed by atoms with Crippen molar-refractivity contribution in [3.8, 4) is 0 Å². The maximum absolute atomic E-state index is 12.4. The molecule has 0 spiro atoms. The smallest absolute Gasteiger partial charge is 0.193 e. The van der Waals surface area contributed by atoms with Crippen LogP contribution < -0.4 is 0 Å². The van der Waals surface area contributed by atoms with Crippen molar-refractivity contribution in [2.24, 2.45) is 0 Å². The number of benzene rings is 2. The van der Waals surface area contributed by atoms with Gasteiger partial charge in [-0.05, 0) is 6.42 Å². The summed E-state index contributed by atoms with van der Waals surface area (Å²) in [7, 11) is 0. The Kier molecular flexibility index (Phi) is 4.24. The normalized spacial score (nSPS) is 10.2. The molecule has 2 nitrogen and oxygen atoms in total. The molecule has 2 aromatic rings. The van der Waals surface area contributed by atoms with Gasteiger partial charge in [0.05, 0.1) is 0 Å². The molecule has 0 heterocycles. The van der Waals surface area contributed by atoms with Gasteiger partial charge >= 0.3 is 0 Å². The summed E-state index contributed by atoms with van der Waals surface area (Å²) in [5.41, 5.74) is 1.63. The van der Waals surface area contributed by atoms with Crippen molar-refractivity contribution in [1.29, 1.82) is 0 Å². The maximum Gasteiger partial charge on any atom is 0.193 e. The molecule has 0 saturated heterocycles. The number of ketones is 2. The van der Waals surface area contributed by atoms with Crippen LogP contribution in [0.15, 0.2) is 54.6 Å². The van der Waals surface area contributed by atoms with Gasteiger partial charge in [0.25, 0.3) is 0 Å². The highest BCUT2D eigenvalue weighted by Crippen LogP contribution is 2.16. The first-order chi connectivity index (χ1) is 9.24. The molecule has 0 unspecified atom stereocenters. The average molecular weight is 252 g/mol. The lowest BCUT2D eigenvalue weighted by molar-refractivity contribution is 0.0966. The number of carbonyl (C=O) groups excluding carboxylic acids is 2. The average Bonchev–Trinajstić information content (AvgIpc) is 2.47. The van der Waals surface area contributed by atoms with E-state index in [1.165, 1.54) is 0 Å². The van der Waals surface area contributed by atoms with Crippen LogP contribution >= 0.6 is 0 Å². The second-order valence-corrected chi connectivity index (χ2v) is 4.41. The molecule has 2 aromatic carbocycles. The molecule has 0 aliphatic rings. The number of carbonyl (C=O) groups is 2. The van der Waals surface area contributed by atoms with Crippen molar-refractivity contribution in [1.82, 2.24) is 0 Å². The highest BCUT2D eigenvalue weighted by molar-refractivity contribution is 6.15. The Balaban J connectivity index is 2.40. The van der Waals surface area contributed by atoms with Gasteiger partial charge < -0.3 is 0 Å². The first kappa shape index (κ1) is 13.2. The van der Waals surface area contributed by atoms with Crippen molar-refractivity contribution in [3.05, 3.63) is 71.3 Å². The first-order valence-corrected chi connectivity index (χ1v) is 6.46. The van der Waals surface area contributed by atoms with Gasteiger partial charge in [-0.25, -0.2) is 0 Å². The zero-order chi connectivity index (χ0) is 13.7. The fourth-order valence-corrected chi connectivity index (χ4v) is 2.03. The number of hydrogen-bond donors (Lipinski definition) is 0. The molecular formula is C17H16O2. The molecule has 0 saturated carbocycles. The summed E-state index contributed by atoms with van der Waals surface area (Å²) >= 11 is 0. The predicted molar refractivity (Wildman–Crippen MR) is 75.6 cm³/mol. The number of Topliss-reactive ketones (excluding diaryl/α,β-unsaturated/α-hetero) is 1. The van der Waals surface area contributed by atoms with Crippen LogP contribution in [0.1, 0.15) is 46.0 Å². The molecule has 2 rings (SSSR count). The van der Waals surface area contributed by atoms with Crippen molar-refractivity contribution in [2.75, 3.05) is 0 Å². The second-order valence-electron chi connectivity index (χ2n) is 4.41. The third-order valence-electron chi connectivity index (χ3n) is 2.99. The van der Waals surface area contributed by atoms with Crippen LogP contribution in [-0.4, -0.2) is 11.6 Å². The van der Waals surface area contributed by atoms with Crippen molar-refractivity contribution in [2.45, 2.75) is 19.8 Å².